The number of rotatable bonds is 6. The Kier molecular flexibility index (Phi) is 7.01. The molecule has 1 fully saturated rings. The maximum absolute atomic E-state index is 12.9. The number of amides is 2. The number of amidine groups is 1. The number of carbonyl (C=O) groups excluding carboxylic acids is 2. The van der Waals surface area contributed by atoms with E-state index in [9.17, 15) is 22.8 Å². The van der Waals surface area contributed by atoms with Crippen LogP contribution in [-0.2, 0) is 15.8 Å². The minimum Gasteiger partial charge on any atom is -0.354 e. The molecule has 0 radical (unpaired) electrons. The number of thioether (sulfide) groups is 1. The molecule has 38 heavy (non-hydrogen) atoms. The Morgan fingerprint density at radius 3 is 2.58 bits per heavy atom. The summed E-state index contributed by atoms with van der Waals surface area (Å²) in [7, 11) is 0. The highest BCUT2D eigenvalue weighted by Crippen LogP contribution is 2.31. The summed E-state index contributed by atoms with van der Waals surface area (Å²) in [5.74, 6) is -1.02. The van der Waals surface area contributed by atoms with E-state index in [-0.39, 0.29) is 17.3 Å². The van der Waals surface area contributed by atoms with Crippen molar-refractivity contribution in [1.29, 1.82) is 0 Å². The smallest absolute Gasteiger partial charge is 0.354 e. The Morgan fingerprint density at radius 1 is 1.03 bits per heavy atom. The Balaban J connectivity index is 1.27. The quantitative estimate of drug-likeness (QED) is 0.215. The van der Waals surface area contributed by atoms with Gasteiger partial charge in [0.15, 0.2) is 5.17 Å². The zero-order chi connectivity index (χ0) is 26.7. The summed E-state index contributed by atoms with van der Waals surface area (Å²) in [6.07, 6.45) is -3.16. The summed E-state index contributed by atoms with van der Waals surface area (Å²) >= 11 is 1.03. The largest absolute Gasteiger partial charge is 0.416 e. The fourth-order valence-corrected chi connectivity index (χ4v) is 4.93. The zero-order valence-corrected chi connectivity index (χ0v) is 20.4. The summed E-state index contributed by atoms with van der Waals surface area (Å²) in [5.41, 5.74) is 2.76. The second-order valence-electron chi connectivity index (χ2n) is 8.40. The van der Waals surface area contributed by atoms with Crippen LogP contribution >= 0.6 is 11.8 Å². The standard InChI is InChI=1S/C27H20F3N5O2S/c28-27(29,30)17-9-6-10-18(13-17)32-23(36)14-22-25(37)34-26(38-22)35-31-15-20-19-11-4-5-12-21(19)33-24(20)16-7-2-1-3-8-16/h1-13,15,22,33H,14H2,(H,32,36)(H,34,35,37)/b31-15+. The topological polar surface area (TPSA) is 98.7 Å². The van der Waals surface area contributed by atoms with Crippen LogP contribution < -0.4 is 10.6 Å². The van der Waals surface area contributed by atoms with Crippen molar-refractivity contribution in [3.8, 4) is 11.3 Å². The van der Waals surface area contributed by atoms with E-state index in [0.717, 1.165) is 51.6 Å². The van der Waals surface area contributed by atoms with E-state index in [0.29, 0.717) is 0 Å². The lowest BCUT2D eigenvalue weighted by Gasteiger charge is -2.10. The van der Waals surface area contributed by atoms with Crippen LogP contribution in [-0.4, -0.2) is 33.4 Å². The van der Waals surface area contributed by atoms with Crippen LogP contribution in [0, 0.1) is 0 Å². The molecule has 2 amide bonds. The van der Waals surface area contributed by atoms with Crippen molar-refractivity contribution in [3.63, 3.8) is 0 Å². The molecule has 4 aromatic rings. The number of nitrogens with zero attached hydrogens (tertiary/aromatic N) is 2. The van der Waals surface area contributed by atoms with E-state index in [4.69, 9.17) is 0 Å². The number of H-pyrrole nitrogens is 1. The number of hydrogen-bond acceptors (Lipinski definition) is 5. The van der Waals surface area contributed by atoms with Gasteiger partial charge in [-0.2, -0.15) is 18.3 Å². The second-order valence-corrected chi connectivity index (χ2v) is 9.59. The van der Waals surface area contributed by atoms with Gasteiger partial charge in [0.1, 0.15) is 5.25 Å². The number of halogens is 3. The van der Waals surface area contributed by atoms with Crippen molar-refractivity contribution < 1.29 is 22.8 Å². The van der Waals surface area contributed by atoms with Crippen molar-refractivity contribution >= 4 is 51.5 Å². The summed E-state index contributed by atoms with van der Waals surface area (Å²) < 4.78 is 38.7. The van der Waals surface area contributed by atoms with Crippen molar-refractivity contribution in [3.05, 3.63) is 90.0 Å². The van der Waals surface area contributed by atoms with E-state index in [1.807, 2.05) is 54.6 Å². The van der Waals surface area contributed by atoms with E-state index in [2.05, 4.69) is 25.8 Å². The van der Waals surface area contributed by atoms with Gasteiger partial charge in [0.2, 0.25) is 11.8 Å². The molecule has 0 aliphatic carbocycles. The molecule has 1 aliphatic rings. The van der Waals surface area contributed by atoms with E-state index in [1.54, 1.807) is 6.21 Å². The zero-order valence-electron chi connectivity index (χ0n) is 19.6. The van der Waals surface area contributed by atoms with Gasteiger partial charge < -0.3 is 15.6 Å². The maximum atomic E-state index is 12.9. The number of fused-ring (bicyclic) bond motifs is 1. The average molecular weight is 536 g/mol. The number of anilines is 1. The highest BCUT2D eigenvalue weighted by molar-refractivity contribution is 8.15. The SMILES string of the molecule is O=C(CC1S/C(=N/N=C/c2c(-c3ccccc3)[nH]c3ccccc23)NC1=O)Nc1cccc(C(F)(F)F)c1. The van der Waals surface area contributed by atoms with Crippen LogP contribution in [0.5, 0.6) is 0 Å². The molecule has 5 rings (SSSR count). The Hall–Kier alpha value is -4.38. The first-order valence-corrected chi connectivity index (χ1v) is 12.4. The van der Waals surface area contributed by atoms with Crippen LogP contribution in [0.25, 0.3) is 22.2 Å². The van der Waals surface area contributed by atoms with Gasteiger partial charge in [-0.05, 0) is 29.8 Å². The average Bonchev–Trinajstić information content (AvgIpc) is 3.44. The molecular formula is C27H20F3N5O2S. The molecule has 11 heteroatoms. The normalized spacial score (nSPS) is 16.9. The fraction of sp³-hybridized carbons (Fsp3) is 0.111. The minimum absolute atomic E-state index is 0.000306. The minimum atomic E-state index is -4.53. The second kappa shape index (κ2) is 10.5. The van der Waals surface area contributed by atoms with Crippen LogP contribution in [0.2, 0.25) is 0 Å². The highest BCUT2D eigenvalue weighted by atomic mass is 32.2. The molecule has 1 saturated heterocycles. The molecule has 3 N–H and O–H groups in total. The monoisotopic (exact) mass is 535 g/mol. The summed E-state index contributed by atoms with van der Waals surface area (Å²) in [5, 5.41) is 13.7. The molecule has 1 unspecified atom stereocenters. The number of hydrogen-bond donors (Lipinski definition) is 3. The van der Waals surface area contributed by atoms with Crippen LogP contribution in [0.4, 0.5) is 18.9 Å². The molecular weight excluding hydrogens is 515 g/mol. The van der Waals surface area contributed by atoms with Gasteiger partial charge in [-0.25, -0.2) is 0 Å². The van der Waals surface area contributed by atoms with Gasteiger partial charge in [0, 0.05) is 28.6 Å². The van der Waals surface area contributed by atoms with Gasteiger partial charge in [-0.1, -0.05) is 66.4 Å². The van der Waals surface area contributed by atoms with Crippen LogP contribution in [0.3, 0.4) is 0 Å². The number of alkyl halides is 3. The molecule has 0 spiro atoms. The van der Waals surface area contributed by atoms with Crippen molar-refractivity contribution in [1.82, 2.24) is 10.3 Å². The predicted octanol–water partition coefficient (Wildman–Crippen LogP) is 5.80. The molecule has 3 aromatic carbocycles. The number of benzene rings is 3. The number of aromatic amines is 1. The van der Waals surface area contributed by atoms with E-state index in [1.165, 1.54) is 12.1 Å². The highest BCUT2D eigenvalue weighted by Gasteiger charge is 2.33. The van der Waals surface area contributed by atoms with Crippen LogP contribution in [0.15, 0.2) is 89.1 Å². The molecule has 192 valence electrons. The van der Waals surface area contributed by atoms with Gasteiger partial charge in [0.25, 0.3) is 0 Å². The first kappa shape index (κ1) is 25.3. The molecule has 1 aliphatic heterocycles. The first-order chi connectivity index (χ1) is 18.3. The lowest BCUT2D eigenvalue weighted by molar-refractivity contribution is -0.137. The number of para-hydroxylation sites is 1. The summed E-state index contributed by atoms with van der Waals surface area (Å²) in [6.45, 7) is 0. The molecule has 1 aromatic heterocycles. The third-order valence-corrected chi connectivity index (χ3v) is 6.84. The van der Waals surface area contributed by atoms with Crippen molar-refractivity contribution in [2.75, 3.05) is 5.32 Å². The maximum Gasteiger partial charge on any atom is 0.416 e. The molecule has 0 saturated carbocycles. The molecule has 7 nitrogen and oxygen atoms in total. The molecule has 2 heterocycles. The fourth-order valence-electron chi connectivity index (χ4n) is 4.01. The predicted molar refractivity (Wildman–Crippen MR) is 143 cm³/mol. The van der Waals surface area contributed by atoms with Gasteiger partial charge >= 0.3 is 6.18 Å². The number of carbonyl (C=O) groups is 2. The third-order valence-electron chi connectivity index (χ3n) is 5.77. The van der Waals surface area contributed by atoms with Gasteiger partial charge in [-0.3, -0.25) is 9.59 Å². The number of nitrogens with one attached hydrogen (secondary N) is 3. The van der Waals surface area contributed by atoms with E-state index < -0.39 is 28.8 Å². The third kappa shape index (κ3) is 5.62. The van der Waals surface area contributed by atoms with Crippen LogP contribution in [0.1, 0.15) is 17.5 Å². The summed E-state index contributed by atoms with van der Waals surface area (Å²) in [6, 6.07) is 21.9. The molecule has 1 atom stereocenters. The first-order valence-electron chi connectivity index (χ1n) is 11.5. The van der Waals surface area contributed by atoms with E-state index >= 15 is 0 Å². The van der Waals surface area contributed by atoms with Crippen molar-refractivity contribution in [2.24, 2.45) is 10.2 Å². The summed E-state index contributed by atoms with van der Waals surface area (Å²) in [4.78, 5) is 28.2. The Morgan fingerprint density at radius 2 is 1.79 bits per heavy atom. The van der Waals surface area contributed by atoms with Crippen molar-refractivity contribution in [2.45, 2.75) is 17.8 Å². The Bertz CT molecular complexity index is 1560. The number of aromatic nitrogens is 1. The van der Waals surface area contributed by atoms with Gasteiger partial charge in [-0.15, -0.1) is 5.10 Å². The van der Waals surface area contributed by atoms with Gasteiger partial charge in [0.05, 0.1) is 17.5 Å². The molecule has 0 bridgehead atoms. The lowest BCUT2D eigenvalue weighted by Crippen LogP contribution is -2.28. The lowest BCUT2D eigenvalue weighted by atomic mass is 10.1. The Labute approximate surface area is 219 Å².